The third kappa shape index (κ3) is 2.78. The molecule has 0 spiro atoms. The fourth-order valence-corrected chi connectivity index (χ4v) is 3.18. The van der Waals surface area contributed by atoms with Crippen molar-refractivity contribution in [3.05, 3.63) is 27.7 Å². The molecular formula is C15H18BrNO2. The van der Waals surface area contributed by atoms with Crippen LogP contribution in [0.5, 0.6) is 5.75 Å². The Morgan fingerprint density at radius 2 is 2.32 bits per heavy atom. The second-order valence-corrected chi connectivity index (χ2v) is 6.41. The van der Waals surface area contributed by atoms with Crippen LogP contribution in [0.15, 0.2) is 16.6 Å². The summed E-state index contributed by atoms with van der Waals surface area (Å²) >= 11 is 3.52. The number of nitrogens with one attached hydrogen (secondary N) is 1. The minimum Gasteiger partial charge on any atom is -0.493 e. The maximum atomic E-state index is 12.0. The molecule has 1 N–H and O–H groups in total. The van der Waals surface area contributed by atoms with Crippen LogP contribution in [0.1, 0.15) is 30.9 Å². The predicted molar refractivity (Wildman–Crippen MR) is 77.1 cm³/mol. The average Bonchev–Trinajstić information content (AvgIpc) is 3.13. The SMILES string of the molecule is CC(C(=O)NCc1cc(Br)cc2c1OCC2)C1CC1. The molecule has 1 aliphatic heterocycles. The molecule has 1 heterocycles. The van der Waals surface area contributed by atoms with Crippen LogP contribution in [-0.2, 0) is 17.8 Å². The molecule has 1 saturated carbocycles. The molecule has 1 unspecified atom stereocenters. The highest BCUT2D eigenvalue weighted by Gasteiger charge is 2.32. The minimum absolute atomic E-state index is 0.140. The standard InChI is InChI=1S/C15H18BrNO2/c1-9(10-2-3-10)15(18)17-8-12-7-13(16)6-11-4-5-19-14(11)12/h6-7,9-10H,2-5,8H2,1H3,(H,17,18). The van der Waals surface area contributed by atoms with Crippen LogP contribution in [-0.4, -0.2) is 12.5 Å². The van der Waals surface area contributed by atoms with E-state index in [1.165, 1.54) is 18.4 Å². The Balaban J connectivity index is 1.68. The number of ether oxygens (including phenoxy) is 1. The highest BCUT2D eigenvalue weighted by atomic mass is 79.9. The number of carbonyl (C=O) groups is 1. The van der Waals surface area contributed by atoms with Gasteiger partial charge in [-0.2, -0.15) is 0 Å². The van der Waals surface area contributed by atoms with Gasteiger partial charge in [-0.25, -0.2) is 0 Å². The van der Waals surface area contributed by atoms with Crippen molar-refractivity contribution < 1.29 is 9.53 Å². The van der Waals surface area contributed by atoms with Crippen molar-refractivity contribution >= 4 is 21.8 Å². The van der Waals surface area contributed by atoms with Crippen LogP contribution in [0, 0.1) is 11.8 Å². The Kier molecular flexibility index (Phi) is 3.52. The molecule has 2 aliphatic rings. The zero-order valence-electron chi connectivity index (χ0n) is 11.0. The van der Waals surface area contributed by atoms with Crippen molar-refractivity contribution in [2.24, 2.45) is 11.8 Å². The monoisotopic (exact) mass is 323 g/mol. The molecule has 0 aromatic heterocycles. The van der Waals surface area contributed by atoms with Gasteiger partial charge in [-0.05, 0) is 36.5 Å². The summed E-state index contributed by atoms with van der Waals surface area (Å²) in [5.41, 5.74) is 2.30. The Labute approximate surface area is 121 Å². The highest BCUT2D eigenvalue weighted by molar-refractivity contribution is 9.10. The van der Waals surface area contributed by atoms with Gasteiger partial charge < -0.3 is 10.1 Å². The number of amides is 1. The zero-order chi connectivity index (χ0) is 13.4. The van der Waals surface area contributed by atoms with E-state index in [-0.39, 0.29) is 11.8 Å². The molecule has 0 saturated heterocycles. The van der Waals surface area contributed by atoms with Crippen molar-refractivity contribution in [1.29, 1.82) is 0 Å². The minimum atomic E-state index is 0.140. The fourth-order valence-electron chi connectivity index (χ4n) is 2.63. The molecule has 3 rings (SSSR count). The molecule has 1 fully saturated rings. The smallest absolute Gasteiger partial charge is 0.223 e. The Hall–Kier alpha value is -1.03. The summed E-state index contributed by atoms with van der Waals surface area (Å²) in [5.74, 6) is 1.86. The van der Waals surface area contributed by atoms with Gasteiger partial charge in [0, 0.05) is 28.9 Å². The van der Waals surface area contributed by atoms with Gasteiger partial charge >= 0.3 is 0 Å². The van der Waals surface area contributed by atoms with E-state index in [0.717, 1.165) is 28.8 Å². The van der Waals surface area contributed by atoms with Gasteiger partial charge in [0.1, 0.15) is 5.75 Å². The molecule has 102 valence electrons. The first-order chi connectivity index (χ1) is 9.15. The van der Waals surface area contributed by atoms with E-state index >= 15 is 0 Å². The maximum Gasteiger partial charge on any atom is 0.223 e. The number of halogens is 1. The molecule has 0 radical (unpaired) electrons. The van der Waals surface area contributed by atoms with Crippen molar-refractivity contribution in [3.8, 4) is 5.75 Å². The first-order valence-corrected chi connectivity index (χ1v) is 7.66. The van der Waals surface area contributed by atoms with Crippen LogP contribution in [0.2, 0.25) is 0 Å². The zero-order valence-corrected chi connectivity index (χ0v) is 12.6. The van der Waals surface area contributed by atoms with Gasteiger partial charge in [-0.15, -0.1) is 0 Å². The van der Waals surface area contributed by atoms with Gasteiger partial charge in [-0.3, -0.25) is 4.79 Å². The molecule has 1 atom stereocenters. The van der Waals surface area contributed by atoms with E-state index < -0.39 is 0 Å². The Morgan fingerprint density at radius 3 is 3.05 bits per heavy atom. The second kappa shape index (κ2) is 5.16. The normalized spacial score (nSPS) is 18.6. The van der Waals surface area contributed by atoms with Crippen molar-refractivity contribution in [2.75, 3.05) is 6.61 Å². The van der Waals surface area contributed by atoms with E-state index in [1.54, 1.807) is 0 Å². The van der Waals surface area contributed by atoms with Crippen molar-refractivity contribution in [3.63, 3.8) is 0 Å². The molecule has 1 amide bonds. The van der Waals surface area contributed by atoms with Gasteiger partial charge in [0.2, 0.25) is 5.91 Å². The topological polar surface area (TPSA) is 38.3 Å². The van der Waals surface area contributed by atoms with Gasteiger partial charge in [0.05, 0.1) is 6.61 Å². The fraction of sp³-hybridized carbons (Fsp3) is 0.533. The summed E-state index contributed by atoms with van der Waals surface area (Å²) in [6.45, 7) is 3.32. The summed E-state index contributed by atoms with van der Waals surface area (Å²) < 4.78 is 6.72. The molecular weight excluding hydrogens is 306 g/mol. The van der Waals surface area contributed by atoms with Crippen LogP contribution in [0.25, 0.3) is 0 Å². The molecule has 1 aromatic carbocycles. The van der Waals surface area contributed by atoms with E-state index in [0.29, 0.717) is 12.5 Å². The third-order valence-corrected chi connectivity index (χ3v) is 4.48. The van der Waals surface area contributed by atoms with Crippen LogP contribution in [0.4, 0.5) is 0 Å². The maximum absolute atomic E-state index is 12.0. The molecule has 3 nitrogen and oxygen atoms in total. The Morgan fingerprint density at radius 1 is 1.53 bits per heavy atom. The first kappa shape index (κ1) is 13.0. The summed E-state index contributed by atoms with van der Waals surface area (Å²) in [6, 6.07) is 4.13. The second-order valence-electron chi connectivity index (χ2n) is 5.50. The summed E-state index contributed by atoms with van der Waals surface area (Å²) in [5, 5.41) is 3.04. The lowest BCUT2D eigenvalue weighted by atomic mass is 10.0. The molecule has 1 aliphatic carbocycles. The van der Waals surface area contributed by atoms with E-state index in [4.69, 9.17) is 4.74 Å². The van der Waals surface area contributed by atoms with Gasteiger partial charge in [-0.1, -0.05) is 22.9 Å². The average molecular weight is 324 g/mol. The number of benzene rings is 1. The molecule has 4 heteroatoms. The predicted octanol–water partition coefficient (Wildman–Crippen LogP) is 3.05. The third-order valence-electron chi connectivity index (χ3n) is 4.02. The van der Waals surface area contributed by atoms with Gasteiger partial charge in [0.25, 0.3) is 0 Å². The first-order valence-electron chi connectivity index (χ1n) is 6.87. The van der Waals surface area contributed by atoms with Crippen LogP contribution < -0.4 is 10.1 Å². The largest absolute Gasteiger partial charge is 0.493 e. The quantitative estimate of drug-likeness (QED) is 0.924. The van der Waals surface area contributed by atoms with Gasteiger partial charge in [0.15, 0.2) is 0 Å². The number of carbonyl (C=O) groups excluding carboxylic acids is 1. The highest BCUT2D eigenvalue weighted by Crippen LogP contribution is 2.37. The summed E-state index contributed by atoms with van der Waals surface area (Å²) in [4.78, 5) is 12.0. The van der Waals surface area contributed by atoms with E-state index in [1.807, 2.05) is 13.0 Å². The molecule has 1 aromatic rings. The number of rotatable bonds is 4. The molecule has 19 heavy (non-hydrogen) atoms. The number of fused-ring (bicyclic) bond motifs is 1. The van der Waals surface area contributed by atoms with Crippen LogP contribution >= 0.6 is 15.9 Å². The number of hydrogen-bond acceptors (Lipinski definition) is 2. The number of hydrogen-bond donors (Lipinski definition) is 1. The van der Waals surface area contributed by atoms with E-state index in [2.05, 4.69) is 27.3 Å². The van der Waals surface area contributed by atoms with Crippen LogP contribution in [0.3, 0.4) is 0 Å². The van der Waals surface area contributed by atoms with Crippen molar-refractivity contribution in [2.45, 2.75) is 32.7 Å². The lowest BCUT2D eigenvalue weighted by molar-refractivity contribution is -0.125. The summed E-state index contributed by atoms with van der Waals surface area (Å²) in [7, 11) is 0. The summed E-state index contributed by atoms with van der Waals surface area (Å²) in [6.07, 6.45) is 3.35. The van der Waals surface area contributed by atoms with E-state index in [9.17, 15) is 4.79 Å². The lowest BCUT2D eigenvalue weighted by Crippen LogP contribution is -2.29. The lowest BCUT2D eigenvalue weighted by Gasteiger charge is -2.13. The molecule has 0 bridgehead atoms. The van der Waals surface area contributed by atoms with Crippen molar-refractivity contribution in [1.82, 2.24) is 5.32 Å². The Bertz CT molecular complexity index is 511.